The highest BCUT2D eigenvalue weighted by Gasteiger charge is 2.16. The molecule has 0 amide bonds. The molecular formula is C16H16ClNO. The summed E-state index contributed by atoms with van der Waals surface area (Å²) in [7, 11) is 1.64. The Balaban J connectivity index is 1.87. The summed E-state index contributed by atoms with van der Waals surface area (Å²) in [6.07, 6.45) is 1.08. The molecule has 0 radical (unpaired) electrons. The number of rotatable bonds is 2. The van der Waals surface area contributed by atoms with E-state index in [4.69, 9.17) is 16.3 Å². The molecule has 3 heteroatoms. The van der Waals surface area contributed by atoms with E-state index in [2.05, 4.69) is 35.2 Å². The van der Waals surface area contributed by atoms with E-state index in [0.717, 1.165) is 30.9 Å². The lowest BCUT2D eigenvalue weighted by atomic mass is 9.99. The van der Waals surface area contributed by atoms with Gasteiger partial charge in [0.25, 0.3) is 0 Å². The lowest BCUT2D eigenvalue weighted by Gasteiger charge is -2.31. The molecule has 98 valence electrons. The van der Waals surface area contributed by atoms with Crippen molar-refractivity contribution in [3.05, 3.63) is 58.6 Å². The van der Waals surface area contributed by atoms with Crippen molar-refractivity contribution in [3.63, 3.8) is 0 Å². The summed E-state index contributed by atoms with van der Waals surface area (Å²) >= 11 is 6.20. The van der Waals surface area contributed by atoms with Gasteiger partial charge < -0.3 is 9.64 Å². The van der Waals surface area contributed by atoms with Crippen LogP contribution >= 0.6 is 11.6 Å². The van der Waals surface area contributed by atoms with Gasteiger partial charge >= 0.3 is 0 Å². The van der Waals surface area contributed by atoms with Crippen LogP contribution in [0.1, 0.15) is 11.1 Å². The van der Waals surface area contributed by atoms with E-state index in [1.54, 1.807) is 7.11 Å². The van der Waals surface area contributed by atoms with E-state index in [9.17, 15) is 0 Å². The number of anilines is 1. The van der Waals surface area contributed by atoms with Gasteiger partial charge in [-0.1, -0.05) is 35.9 Å². The molecule has 1 aliphatic heterocycles. The van der Waals surface area contributed by atoms with Crippen LogP contribution in [0.25, 0.3) is 0 Å². The van der Waals surface area contributed by atoms with Gasteiger partial charge in [-0.25, -0.2) is 0 Å². The first-order valence-corrected chi connectivity index (χ1v) is 6.81. The first-order valence-electron chi connectivity index (χ1n) is 6.43. The quantitative estimate of drug-likeness (QED) is 0.823. The standard InChI is InChI=1S/C16H16ClNO/c1-19-16-7-6-14(10-15(16)17)18-9-8-12-4-2-3-5-13(12)11-18/h2-7,10H,8-9,11H2,1H3. The van der Waals surface area contributed by atoms with Crippen LogP contribution in [0.15, 0.2) is 42.5 Å². The molecule has 0 N–H and O–H groups in total. The molecule has 0 bridgehead atoms. The average molecular weight is 274 g/mol. The molecule has 3 rings (SSSR count). The Labute approximate surface area is 118 Å². The molecule has 0 aromatic heterocycles. The predicted octanol–water partition coefficient (Wildman–Crippen LogP) is 3.91. The zero-order chi connectivity index (χ0) is 13.2. The van der Waals surface area contributed by atoms with E-state index in [-0.39, 0.29) is 0 Å². The Bertz CT molecular complexity index is 597. The molecular weight excluding hydrogens is 258 g/mol. The summed E-state index contributed by atoms with van der Waals surface area (Å²) in [5.41, 5.74) is 4.01. The molecule has 0 aliphatic carbocycles. The Kier molecular flexibility index (Phi) is 3.34. The minimum atomic E-state index is 0.666. The second-order valence-corrected chi connectivity index (χ2v) is 5.17. The van der Waals surface area contributed by atoms with Crippen molar-refractivity contribution in [2.45, 2.75) is 13.0 Å². The molecule has 1 heterocycles. The number of methoxy groups -OCH3 is 1. The van der Waals surface area contributed by atoms with Crippen molar-refractivity contribution < 1.29 is 4.74 Å². The number of hydrogen-bond acceptors (Lipinski definition) is 2. The number of fused-ring (bicyclic) bond motifs is 1. The highest BCUT2D eigenvalue weighted by Crippen LogP contribution is 2.31. The van der Waals surface area contributed by atoms with E-state index in [1.807, 2.05) is 12.1 Å². The Hall–Kier alpha value is -1.67. The maximum atomic E-state index is 6.20. The summed E-state index contributed by atoms with van der Waals surface area (Å²) in [4.78, 5) is 2.35. The SMILES string of the molecule is COc1ccc(N2CCc3ccccc3C2)cc1Cl. The highest BCUT2D eigenvalue weighted by molar-refractivity contribution is 6.32. The van der Waals surface area contributed by atoms with Gasteiger partial charge in [0.15, 0.2) is 0 Å². The predicted molar refractivity (Wildman–Crippen MR) is 79.2 cm³/mol. The zero-order valence-electron chi connectivity index (χ0n) is 10.9. The smallest absolute Gasteiger partial charge is 0.137 e. The van der Waals surface area contributed by atoms with Crippen LogP contribution in [0.2, 0.25) is 5.02 Å². The van der Waals surface area contributed by atoms with Gasteiger partial charge in [-0.3, -0.25) is 0 Å². The second-order valence-electron chi connectivity index (χ2n) is 4.76. The second kappa shape index (κ2) is 5.14. The third kappa shape index (κ3) is 2.41. The first kappa shape index (κ1) is 12.4. The lowest BCUT2D eigenvalue weighted by molar-refractivity contribution is 0.415. The van der Waals surface area contributed by atoms with E-state index in [0.29, 0.717) is 5.02 Å². The maximum absolute atomic E-state index is 6.20. The van der Waals surface area contributed by atoms with Crippen molar-refractivity contribution in [2.24, 2.45) is 0 Å². The van der Waals surface area contributed by atoms with Crippen LogP contribution < -0.4 is 9.64 Å². The molecule has 1 aliphatic rings. The molecule has 0 unspecified atom stereocenters. The third-order valence-electron chi connectivity index (χ3n) is 3.63. The fraction of sp³-hybridized carbons (Fsp3) is 0.250. The maximum Gasteiger partial charge on any atom is 0.137 e. The van der Waals surface area contributed by atoms with Crippen LogP contribution in [0, 0.1) is 0 Å². The van der Waals surface area contributed by atoms with E-state index in [1.165, 1.54) is 11.1 Å². The monoisotopic (exact) mass is 273 g/mol. The molecule has 2 aromatic carbocycles. The van der Waals surface area contributed by atoms with Crippen LogP contribution in [-0.4, -0.2) is 13.7 Å². The summed E-state index contributed by atoms with van der Waals surface area (Å²) in [5, 5.41) is 0.666. The van der Waals surface area contributed by atoms with Gasteiger partial charge in [0.2, 0.25) is 0 Å². The van der Waals surface area contributed by atoms with Crippen molar-refractivity contribution in [1.82, 2.24) is 0 Å². The minimum Gasteiger partial charge on any atom is -0.495 e. The fourth-order valence-electron chi connectivity index (χ4n) is 2.57. The van der Waals surface area contributed by atoms with Crippen molar-refractivity contribution in [3.8, 4) is 5.75 Å². The molecule has 19 heavy (non-hydrogen) atoms. The van der Waals surface area contributed by atoms with Crippen LogP contribution in [0.5, 0.6) is 5.75 Å². The van der Waals surface area contributed by atoms with Crippen molar-refractivity contribution >= 4 is 17.3 Å². The van der Waals surface area contributed by atoms with Gasteiger partial charge in [0, 0.05) is 18.8 Å². The Morgan fingerprint density at radius 2 is 1.89 bits per heavy atom. The molecule has 0 fully saturated rings. The topological polar surface area (TPSA) is 12.5 Å². The largest absolute Gasteiger partial charge is 0.495 e. The van der Waals surface area contributed by atoms with Crippen molar-refractivity contribution in [1.29, 1.82) is 0 Å². The van der Waals surface area contributed by atoms with Crippen molar-refractivity contribution in [2.75, 3.05) is 18.6 Å². The van der Waals surface area contributed by atoms with Gasteiger partial charge in [0.1, 0.15) is 5.75 Å². The third-order valence-corrected chi connectivity index (χ3v) is 3.93. The number of nitrogens with zero attached hydrogens (tertiary/aromatic N) is 1. The summed E-state index contributed by atoms with van der Waals surface area (Å²) in [5.74, 6) is 0.725. The van der Waals surface area contributed by atoms with E-state index < -0.39 is 0 Å². The molecule has 0 atom stereocenters. The molecule has 0 saturated heterocycles. The van der Waals surface area contributed by atoms with Gasteiger partial charge in [-0.2, -0.15) is 0 Å². The van der Waals surface area contributed by atoms with Crippen LogP contribution in [-0.2, 0) is 13.0 Å². The molecule has 0 spiro atoms. The fourth-order valence-corrected chi connectivity index (χ4v) is 2.82. The highest BCUT2D eigenvalue weighted by atomic mass is 35.5. The number of ether oxygens (including phenoxy) is 1. The first-order chi connectivity index (χ1) is 9.28. The summed E-state index contributed by atoms with van der Waals surface area (Å²) in [6.45, 7) is 1.97. The van der Waals surface area contributed by atoms with Crippen LogP contribution in [0.3, 0.4) is 0 Å². The molecule has 2 nitrogen and oxygen atoms in total. The van der Waals surface area contributed by atoms with Gasteiger partial charge in [-0.15, -0.1) is 0 Å². The number of halogens is 1. The zero-order valence-corrected chi connectivity index (χ0v) is 11.7. The lowest BCUT2D eigenvalue weighted by Crippen LogP contribution is -2.30. The number of hydrogen-bond donors (Lipinski definition) is 0. The normalized spacial score (nSPS) is 14.1. The Morgan fingerprint density at radius 1 is 1.11 bits per heavy atom. The average Bonchev–Trinajstić information content (AvgIpc) is 2.46. The van der Waals surface area contributed by atoms with Gasteiger partial charge in [-0.05, 0) is 35.7 Å². The van der Waals surface area contributed by atoms with Gasteiger partial charge in [0.05, 0.1) is 12.1 Å². The number of benzene rings is 2. The summed E-state index contributed by atoms with van der Waals surface area (Å²) < 4.78 is 5.19. The Morgan fingerprint density at radius 3 is 2.63 bits per heavy atom. The molecule has 0 saturated carbocycles. The summed E-state index contributed by atoms with van der Waals surface area (Å²) in [6, 6.07) is 14.6. The van der Waals surface area contributed by atoms with E-state index >= 15 is 0 Å². The molecule has 2 aromatic rings. The minimum absolute atomic E-state index is 0.666. The van der Waals surface area contributed by atoms with Crippen LogP contribution in [0.4, 0.5) is 5.69 Å².